The van der Waals surface area contributed by atoms with E-state index in [-0.39, 0.29) is 11.5 Å². The summed E-state index contributed by atoms with van der Waals surface area (Å²) in [4.78, 5) is 24.2. The Labute approximate surface area is 151 Å². The van der Waals surface area contributed by atoms with Crippen molar-refractivity contribution in [1.82, 2.24) is 20.1 Å². The molecule has 6 heteroatoms. The summed E-state index contributed by atoms with van der Waals surface area (Å²) in [6, 6.07) is 4.42. The molecule has 1 aromatic carbocycles. The molecule has 6 nitrogen and oxygen atoms in total. The fraction of sp³-hybridized carbons (Fsp3) is 0.450. The molecule has 0 fully saturated rings. The smallest absolute Gasteiger partial charge is 0.262 e. The van der Waals surface area contributed by atoms with Gasteiger partial charge >= 0.3 is 0 Å². The number of pyridine rings is 1. The van der Waals surface area contributed by atoms with Crippen LogP contribution >= 0.6 is 0 Å². The van der Waals surface area contributed by atoms with Crippen molar-refractivity contribution in [2.24, 2.45) is 0 Å². The monoisotopic (exact) mass is 352 g/mol. The number of aromatic nitrogens is 3. The van der Waals surface area contributed by atoms with Crippen LogP contribution in [0, 0.1) is 6.92 Å². The van der Waals surface area contributed by atoms with Crippen LogP contribution in [0.3, 0.4) is 0 Å². The number of hydrogen-bond donors (Lipinski definition) is 2. The number of carbonyl (C=O) groups is 1. The molecule has 0 spiro atoms. The second-order valence-corrected chi connectivity index (χ2v) is 7.21. The number of aryl methyl sites for hydroxylation is 4. The van der Waals surface area contributed by atoms with Crippen molar-refractivity contribution in [3.63, 3.8) is 0 Å². The Morgan fingerprint density at radius 3 is 2.73 bits per heavy atom. The minimum atomic E-state index is -0.0441. The van der Waals surface area contributed by atoms with Crippen LogP contribution in [0.2, 0.25) is 0 Å². The van der Waals surface area contributed by atoms with Crippen molar-refractivity contribution < 1.29 is 4.79 Å². The SMILES string of the molecule is CC(=O)NCCCn1c(=O)c2c(C)[nH]nc2c2cc3c(cc21)CCCC3. The molecule has 2 heterocycles. The maximum atomic E-state index is 13.1. The third-order valence-electron chi connectivity index (χ3n) is 5.34. The first-order chi connectivity index (χ1) is 12.6. The minimum Gasteiger partial charge on any atom is -0.356 e. The van der Waals surface area contributed by atoms with Gasteiger partial charge in [0.15, 0.2) is 0 Å². The molecule has 1 amide bonds. The van der Waals surface area contributed by atoms with Crippen LogP contribution in [0.5, 0.6) is 0 Å². The first-order valence-electron chi connectivity index (χ1n) is 9.33. The van der Waals surface area contributed by atoms with Gasteiger partial charge in [0.05, 0.1) is 10.9 Å². The summed E-state index contributed by atoms with van der Waals surface area (Å²) in [6.07, 6.45) is 5.31. The van der Waals surface area contributed by atoms with Crippen LogP contribution in [0.4, 0.5) is 0 Å². The summed E-state index contributed by atoms with van der Waals surface area (Å²) in [7, 11) is 0. The summed E-state index contributed by atoms with van der Waals surface area (Å²) in [5, 5.41) is 11.9. The molecule has 0 saturated heterocycles. The molecule has 2 N–H and O–H groups in total. The summed E-state index contributed by atoms with van der Waals surface area (Å²) in [5.74, 6) is -0.0441. The van der Waals surface area contributed by atoms with Crippen molar-refractivity contribution in [2.75, 3.05) is 6.54 Å². The van der Waals surface area contributed by atoms with E-state index in [4.69, 9.17) is 0 Å². The van der Waals surface area contributed by atoms with E-state index in [2.05, 4.69) is 27.6 Å². The number of H-pyrrole nitrogens is 1. The number of amides is 1. The van der Waals surface area contributed by atoms with Gasteiger partial charge in [-0.1, -0.05) is 0 Å². The van der Waals surface area contributed by atoms with E-state index in [9.17, 15) is 9.59 Å². The highest BCUT2D eigenvalue weighted by Crippen LogP contribution is 2.30. The second kappa shape index (κ2) is 6.59. The van der Waals surface area contributed by atoms with Crippen molar-refractivity contribution in [3.8, 4) is 0 Å². The summed E-state index contributed by atoms with van der Waals surface area (Å²) in [5.41, 5.74) is 5.27. The number of hydrogen-bond acceptors (Lipinski definition) is 3. The molecule has 0 atom stereocenters. The minimum absolute atomic E-state index is 0.00247. The Kier molecular flexibility index (Phi) is 4.26. The van der Waals surface area contributed by atoms with Crippen molar-refractivity contribution in [3.05, 3.63) is 39.3 Å². The standard InChI is InChI=1S/C20H24N4O2/c1-12-18-19(23-22-12)16-10-14-6-3-4-7-15(14)11-17(16)24(20(18)26)9-5-8-21-13(2)25/h10-11H,3-9H2,1-2H3,(H,21,25)(H,22,23). The lowest BCUT2D eigenvalue weighted by atomic mass is 9.90. The lowest BCUT2D eigenvalue weighted by Gasteiger charge is -2.19. The normalized spacial score (nSPS) is 13.9. The zero-order valence-electron chi connectivity index (χ0n) is 15.3. The first-order valence-corrected chi connectivity index (χ1v) is 9.33. The Bertz CT molecular complexity index is 1060. The van der Waals surface area contributed by atoms with Gasteiger partial charge in [-0.2, -0.15) is 5.10 Å². The van der Waals surface area contributed by atoms with Gasteiger partial charge in [0.25, 0.3) is 5.56 Å². The van der Waals surface area contributed by atoms with E-state index in [0.29, 0.717) is 24.9 Å². The summed E-state index contributed by atoms with van der Waals surface area (Å²) < 4.78 is 1.86. The van der Waals surface area contributed by atoms with Crippen LogP contribution in [0.15, 0.2) is 16.9 Å². The Balaban J connectivity index is 1.88. The topological polar surface area (TPSA) is 79.8 Å². The average Bonchev–Trinajstić information content (AvgIpc) is 3.01. The van der Waals surface area contributed by atoms with E-state index < -0.39 is 0 Å². The molecule has 0 bridgehead atoms. The highest BCUT2D eigenvalue weighted by molar-refractivity contribution is 6.04. The number of nitrogens with one attached hydrogen (secondary N) is 2. The largest absolute Gasteiger partial charge is 0.356 e. The van der Waals surface area contributed by atoms with Gasteiger partial charge in [0, 0.05) is 31.1 Å². The molecule has 0 unspecified atom stereocenters. The van der Waals surface area contributed by atoms with Gasteiger partial charge in [0.1, 0.15) is 5.52 Å². The molecule has 3 aromatic rings. The molecule has 1 aliphatic carbocycles. The highest BCUT2D eigenvalue weighted by Gasteiger charge is 2.18. The Morgan fingerprint density at radius 1 is 1.27 bits per heavy atom. The zero-order chi connectivity index (χ0) is 18.3. The molecule has 26 heavy (non-hydrogen) atoms. The van der Waals surface area contributed by atoms with Gasteiger partial charge in [-0.05, 0) is 62.3 Å². The molecule has 136 valence electrons. The summed E-state index contributed by atoms with van der Waals surface area (Å²) in [6.45, 7) is 4.54. The van der Waals surface area contributed by atoms with E-state index in [1.165, 1.54) is 30.9 Å². The third-order valence-corrected chi connectivity index (χ3v) is 5.34. The van der Waals surface area contributed by atoms with E-state index in [1.54, 1.807) is 0 Å². The van der Waals surface area contributed by atoms with Crippen LogP contribution in [0.1, 0.15) is 43.0 Å². The molecule has 0 radical (unpaired) electrons. The van der Waals surface area contributed by atoms with Crippen LogP contribution < -0.4 is 10.9 Å². The van der Waals surface area contributed by atoms with Crippen LogP contribution in [0.25, 0.3) is 21.8 Å². The average molecular weight is 352 g/mol. The summed E-state index contributed by atoms with van der Waals surface area (Å²) >= 11 is 0. The molecular formula is C20H24N4O2. The number of carbonyl (C=O) groups excluding carboxylic acids is 1. The third kappa shape index (κ3) is 2.79. The fourth-order valence-corrected chi connectivity index (χ4v) is 4.04. The Morgan fingerprint density at radius 2 is 2.00 bits per heavy atom. The first kappa shape index (κ1) is 16.8. The van der Waals surface area contributed by atoms with E-state index in [0.717, 1.165) is 35.0 Å². The predicted molar refractivity (Wildman–Crippen MR) is 103 cm³/mol. The maximum absolute atomic E-state index is 13.1. The van der Waals surface area contributed by atoms with Gasteiger partial charge in [-0.3, -0.25) is 14.7 Å². The number of nitrogens with zero attached hydrogens (tertiary/aromatic N) is 2. The van der Waals surface area contributed by atoms with Crippen LogP contribution in [-0.4, -0.2) is 27.2 Å². The Hall–Kier alpha value is -2.63. The van der Waals surface area contributed by atoms with Gasteiger partial charge in [-0.15, -0.1) is 0 Å². The van der Waals surface area contributed by atoms with E-state index >= 15 is 0 Å². The lowest BCUT2D eigenvalue weighted by molar-refractivity contribution is -0.118. The quantitative estimate of drug-likeness (QED) is 0.708. The number of aromatic amines is 1. The second-order valence-electron chi connectivity index (χ2n) is 7.21. The molecule has 0 saturated carbocycles. The van der Waals surface area contributed by atoms with E-state index in [1.807, 2.05) is 11.5 Å². The van der Waals surface area contributed by atoms with Gasteiger partial charge < -0.3 is 9.88 Å². The molecule has 2 aromatic heterocycles. The highest BCUT2D eigenvalue weighted by atomic mass is 16.1. The van der Waals surface area contributed by atoms with Crippen molar-refractivity contribution >= 4 is 27.7 Å². The fourth-order valence-electron chi connectivity index (χ4n) is 4.04. The molecule has 0 aliphatic heterocycles. The zero-order valence-corrected chi connectivity index (χ0v) is 15.3. The predicted octanol–water partition coefficient (Wildman–Crippen LogP) is 2.59. The van der Waals surface area contributed by atoms with Gasteiger partial charge in [0.2, 0.25) is 5.91 Å². The molecular weight excluding hydrogens is 328 g/mol. The number of fused-ring (bicyclic) bond motifs is 4. The molecule has 4 rings (SSSR count). The maximum Gasteiger partial charge on any atom is 0.262 e. The molecule has 1 aliphatic rings. The van der Waals surface area contributed by atoms with Crippen molar-refractivity contribution in [1.29, 1.82) is 0 Å². The lowest BCUT2D eigenvalue weighted by Crippen LogP contribution is -2.26. The van der Waals surface area contributed by atoms with Crippen LogP contribution in [-0.2, 0) is 24.2 Å². The number of rotatable bonds is 4. The van der Waals surface area contributed by atoms with Crippen molar-refractivity contribution in [2.45, 2.75) is 52.5 Å². The van der Waals surface area contributed by atoms with Gasteiger partial charge in [-0.25, -0.2) is 0 Å². The number of benzene rings is 1.